The van der Waals surface area contributed by atoms with Crippen LogP contribution in [0.4, 0.5) is 17.1 Å². The average Bonchev–Trinajstić information content (AvgIpc) is 3.79. The second-order valence-electron chi connectivity index (χ2n) is 12.8. The van der Waals surface area contributed by atoms with Crippen molar-refractivity contribution < 1.29 is 4.42 Å². The van der Waals surface area contributed by atoms with E-state index < -0.39 is 0 Å². The molecule has 2 heterocycles. The Morgan fingerprint density at radius 3 is 1.98 bits per heavy atom. The van der Waals surface area contributed by atoms with Gasteiger partial charge in [0.05, 0.1) is 16.7 Å². The van der Waals surface area contributed by atoms with Gasteiger partial charge in [0, 0.05) is 44.3 Å². The number of rotatable bonds is 6. The van der Waals surface area contributed by atoms with Crippen molar-refractivity contribution in [3.8, 4) is 28.3 Å². The summed E-state index contributed by atoms with van der Waals surface area (Å²) < 4.78 is 8.67. The van der Waals surface area contributed by atoms with Gasteiger partial charge in [0.25, 0.3) is 0 Å². The van der Waals surface area contributed by atoms with Gasteiger partial charge in [-0.15, -0.1) is 0 Å². The van der Waals surface area contributed by atoms with Crippen LogP contribution in [0.25, 0.3) is 71.9 Å². The van der Waals surface area contributed by atoms with Gasteiger partial charge in [-0.3, -0.25) is 0 Å². The van der Waals surface area contributed by atoms with Crippen LogP contribution in [0, 0.1) is 0 Å². The van der Waals surface area contributed by atoms with Gasteiger partial charge in [0.15, 0.2) is 5.58 Å². The molecular formula is C47H31N3O. The first-order valence-corrected chi connectivity index (χ1v) is 17.2. The van der Waals surface area contributed by atoms with Crippen LogP contribution in [0.15, 0.2) is 192 Å². The maximum atomic E-state index is 6.31. The Labute approximate surface area is 295 Å². The first-order valence-electron chi connectivity index (χ1n) is 17.2. The van der Waals surface area contributed by atoms with Crippen molar-refractivity contribution in [3.63, 3.8) is 0 Å². The first kappa shape index (κ1) is 29.0. The first-order chi connectivity index (χ1) is 25.3. The normalized spacial score (nSPS) is 11.5. The highest BCUT2D eigenvalue weighted by atomic mass is 16.3. The van der Waals surface area contributed by atoms with Crippen molar-refractivity contribution >= 4 is 60.7 Å². The van der Waals surface area contributed by atoms with Gasteiger partial charge in [-0.05, 0) is 83.7 Å². The zero-order valence-electron chi connectivity index (χ0n) is 27.6. The van der Waals surface area contributed by atoms with Crippen LogP contribution in [0.2, 0.25) is 0 Å². The minimum absolute atomic E-state index is 0.610. The number of nitrogens with zero attached hydrogens (tertiary/aromatic N) is 3. The Bertz CT molecular complexity index is 2850. The molecule has 0 saturated heterocycles. The molecule has 0 fully saturated rings. The number of fused-ring (bicyclic) bond motifs is 6. The highest BCUT2D eigenvalue weighted by molar-refractivity contribution is 6.11. The number of para-hydroxylation sites is 3. The van der Waals surface area contributed by atoms with Crippen molar-refractivity contribution in [2.45, 2.75) is 0 Å². The number of aromatic nitrogens is 2. The summed E-state index contributed by atoms with van der Waals surface area (Å²) in [5.74, 6) is 0.610. The molecule has 0 spiro atoms. The highest BCUT2D eigenvalue weighted by Gasteiger charge is 2.20. The summed E-state index contributed by atoms with van der Waals surface area (Å²) in [5, 5.41) is 4.66. The lowest BCUT2D eigenvalue weighted by atomic mass is 10.0. The van der Waals surface area contributed by atoms with E-state index in [0.29, 0.717) is 5.89 Å². The minimum atomic E-state index is 0.610. The Morgan fingerprint density at radius 2 is 1.14 bits per heavy atom. The maximum Gasteiger partial charge on any atom is 0.227 e. The smallest absolute Gasteiger partial charge is 0.227 e. The molecule has 10 rings (SSSR count). The second kappa shape index (κ2) is 11.9. The molecular weight excluding hydrogens is 623 g/mol. The van der Waals surface area contributed by atoms with Gasteiger partial charge >= 0.3 is 0 Å². The number of hydrogen-bond acceptors (Lipinski definition) is 3. The quantitative estimate of drug-likeness (QED) is 0.179. The molecule has 0 aliphatic rings. The zero-order chi connectivity index (χ0) is 33.7. The Balaban J connectivity index is 1.15. The molecule has 0 N–H and O–H groups in total. The third-order valence-electron chi connectivity index (χ3n) is 9.81. The predicted molar refractivity (Wildman–Crippen MR) is 211 cm³/mol. The lowest BCUT2D eigenvalue weighted by molar-refractivity contribution is 0.620. The second-order valence-corrected chi connectivity index (χ2v) is 12.8. The summed E-state index contributed by atoms with van der Waals surface area (Å²) in [7, 11) is 0. The van der Waals surface area contributed by atoms with E-state index in [-0.39, 0.29) is 0 Å². The molecule has 51 heavy (non-hydrogen) atoms. The molecule has 0 aliphatic carbocycles. The Morgan fingerprint density at radius 1 is 0.471 bits per heavy atom. The number of anilines is 3. The third-order valence-corrected chi connectivity index (χ3v) is 9.81. The minimum Gasteiger partial charge on any atom is -0.436 e. The zero-order valence-corrected chi connectivity index (χ0v) is 27.6. The van der Waals surface area contributed by atoms with E-state index >= 15 is 0 Å². The van der Waals surface area contributed by atoms with Gasteiger partial charge < -0.3 is 13.9 Å². The number of hydrogen-bond donors (Lipinski definition) is 0. The molecule has 0 atom stereocenters. The molecule has 4 heteroatoms. The molecule has 8 aromatic carbocycles. The maximum absolute atomic E-state index is 6.31. The molecule has 0 amide bonds. The van der Waals surface area contributed by atoms with Gasteiger partial charge in [0.2, 0.25) is 5.89 Å². The summed E-state index contributed by atoms with van der Waals surface area (Å²) in [5.41, 5.74) is 11.6. The van der Waals surface area contributed by atoms with E-state index in [4.69, 9.17) is 9.40 Å². The fourth-order valence-electron chi connectivity index (χ4n) is 7.45. The van der Waals surface area contributed by atoms with E-state index in [9.17, 15) is 0 Å². The van der Waals surface area contributed by atoms with Crippen LogP contribution in [0.1, 0.15) is 0 Å². The van der Waals surface area contributed by atoms with Crippen molar-refractivity contribution in [2.24, 2.45) is 0 Å². The Kier molecular flexibility index (Phi) is 6.78. The molecule has 0 saturated carbocycles. The van der Waals surface area contributed by atoms with Crippen LogP contribution >= 0.6 is 0 Å². The Hall–Kier alpha value is -6.91. The van der Waals surface area contributed by atoms with Crippen LogP contribution in [-0.2, 0) is 0 Å². The van der Waals surface area contributed by atoms with Gasteiger partial charge in [-0.1, -0.05) is 115 Å². The monoisotopic (exact) mass is 653 g/mol. The molecule has 0 aliphatic heterocycles. The van der Waals surface area contributed by atoms with E-state index in [0.717, 1.165) is 61.3 Å². The van der Waals surface area contributed by atoms with Crippen LogP contribution in [0.5, 0.6) is 0 Å². The van der Waals surface area contributed by atoms with Gasteiger partial charge in [-0.2, -0.15) is 0 Å². The van der Waals surface area contributed by atoms with Crippen LogP contribution in [-0.4, -0.2) is 9.55 Å². The van der Waals surface area contributed by atoms with Gasteiger partial charge in [-0.25, -0.2) is 4.98 Å². The number of benzene rings is 8. The third kappa shape index (κ3) is 4.88. The van der Waals surface area contributed by atoms with Crippen molar-refractivity contribution in [3.05, 3.63) is 188 Å². The molecule has 2 aromatic heterocycles. The van der Waals surface area contributed by atoms with Crippen molar-refractivity contribution in [1.82, 2.24) is 9.55 Å². The van der Waals surface area contributed by atoms with Crippen molar-refractivity contribution in [2.75, 3.05) is 4.90 Å². The van der Waals surface area contributed by atoms with E-state index in [1.54, 1.807) is 0 Å². The highest BCUT2D eigenvalue weighted by Crippen LogP contribution is 2.43. The fourth-order valence-corrected chi connectivity index (χ4v) is 7.45. The lowest BCUT2D eigenvalue weighted by Gasteiger charge is -2.28. The summed E-state index contributed by atoms with van der Waals surface area (Å²) >= 11 is 0. The fraction of sp³-hybridized carbons (Fsp3) is 0. The molecule has 0 unspecified atom stereocenters. The molecule has 4 nitrogen and oxygen atoms in total. The molecule has 0 bridgehead atoms. The summed E-state index contributed by atoms with van der Waals surface area (Å²) in [6, 6.07) is 66.3. The molecule has 240 valence electrons. The van der Waals surface area contributed by atoms with Gasteiger partial charge in [0.1, 0.15) is 5.52 Å². The van der Waals surface area contributed by atoms with E-state index in [2.05, 4.69) is 185 Å². The predicted octanol–water partition coefficient (Wildman–Crippen LogP) is 12.9. The van der Waals surface area contributed by atoms with E-state index in [1.165, 1.54) is 21.8 Å². The summed E-state index contributed by atoms with van der Waals surface area (Å²) in [6.07, 6.45) is 0. The number of oxazole rings is 1. The molecule has 10 aromatic rings. The lowest BCUT2D eigenvalue weighted by Crippen LogP contribution is -2.11. The summed E-state index contributed by atoms with van der Waals surface area (Å²) in [4.78, 5) is 7.32. The standard InChI is InChI=1S/C47H31N3O/c1-3-13-32(14-4-1)38-18-9-11-21-42(38)49(36-26-23-34(24-27-36)47-48-46-39-19-8-7-15-33(39)25-30-45(46)51-47)37-28-29-44-41(31-37)40-20-10-12-22-43(40)50(44)35-16-5-2-6-17-35/h1-31H. The molecule has 0 radical (unpaired) electrons. The average molecular weight is 654 g/mol. The van der Waals surface area contributed by atoms with Crippen LogP contribution in [0.3, 0.4) is 0 Å². The SMILES string of the molecule is c1ccc(-c2ccccc2N(c2ccc(-c3nc4c(ccc5ccccc54)o3)cc2)c2ccc3c(c2)c2ccccc2n3-c2ccccc2)cc1. The summed E-state index contributed by atoms with van der Waals surface area (Å²) in [6.45, 7) is 0. The largest absolute Gasteiger partial charge is 0.436 e. The van der Waals surface area contributed by atoms with E-state index in [1.807, 2.05) is 12.1 Å². The van der Waals surface area contributed by atoms with Crippen LogP contribution < -0.4 is 4.90 Å². The topological polar surface area (TPSA) is 34.2 Å². The van der Waals surface area contributed by atoms with Crippen molar-refractivity contribution in [1.29, 1.82) is 0 Å².